The molecule has 0 saturated heterocycles. The van der Waals surface area contributed by atoms with E-state index in [9.17, 15) is 13.6 Å². The first kappa shape index (κ1) is 9.72. The summed E-state index contributed by atoms with van der Waals surface area (Å²) in [5, 5.41) is -0.0808. The minimum atomic E-state index is -1.71. The number of rotatable bonds is 4. The minimum Gasteiger partial charge on any atom is -0.243 e. The van der Waals surface area contributed by atoms with Crippen LogP contribution in [0.5, 0.6) is 0 Å². The van der Waals surface area contributed by atoms with Gasteiger partial charge in [-0.25, -0.2) is 18.6 Å². The van der Waals surface area contributed by atoms with Crippen LogP contribution in [0.25, 0.3) is 0 Å². The summed E-state index contributed by atoms with van der Waals surface area (Å²) in [7, 11) is 0. The van der Waals surface area contributed by atoms with Crippen LogP contribution in [0.4, 0.5) is 8.78 Å². The zero-order valence-electron chi connectivity index (χ0n) is 5.06. The molecule has 58 valence electrons. The Morgan fingerprint density at radius 3 is 2.50 bits per heavy atom. The first-order valence-electron chi connectivity index (χ1n) is 2.60. The van der Waals surface area contributed by atoms with Crippen molar-refractivity contribution in [1.29, 1.82) is 0 Å². The van der Waals surface area contributed by atoms with Gasteiger partial charge in [0.1, 0.15) is 6.17 Å². The Bertz CT molecular complexity index is 138. The molecule has 0 aromatic heterocycles. The summed E-state index contributed by atoms with van der Waals surface area (Å²) in [6.07, 6.45) is -2.18. The van der Waals surface area contributed by atoms with Gasteiger partial charge in [0.05, 0.1) is 6.54 Å². The molecule has 0 heterocycles. The Labute approximate surface area is 65.5 Å². The molecular weight excluding hydrogens is 208 g/mol. The van der Waals surface area contributed by atoms with Gasteiger partial charge < -0.3 is 0 Å². The van der Waals surface area contributed by atoms with E-state index in [1.54, 1.807) is 0 Å². The predicted molar refractivity (Wildman–Crippen MR) is 36.6 cm³/mol. The summed E-state index contributed by atoms with van der Waals surface area (Å²) in [5.74, 6) is 0. The van der Waals surface area contributed by atoms with E-state index in [-0.39, 0.29) is 5.33 Å². The average Bonchev–Trinajstić information content (AvgIpc) is 1.98. The lowest BCUT2D eigenvalue weighted by atomic mass is 10.3. The van der Waals surface area contributed by atoms with Crippen molar-refractivity contribution in [3.63, 3.8) is 0 Å². The molecule has 0 aliphatic carbocycles. The van der Waals surface area contributed by atoms with Crippen LogP contribution in [0.15, 0.2) is 4.99 Å². The normalized spacial score (nSPS) is 15.5. The second-order valence-corrected chi connectivity index (χ2v) is 2.27. The highest BCUT2D eigenvalue weighted by atomic mass is 79.9. The van der Waals surface area contributed by atoms with Crippen molar-refractivity contribution >= 4 is 22.0 Å². The Morgan fingerprint density at radius 1 is 1.50 bits per heavy atom. The zero-order valence-corrected chi connectivity index (χ0v) is 6.64. The van der Waals surface area contributed by atoms with Crippen LogP contribution in [-0.2, 0) is 4.79 Å². The minimum absolute atomic E-state index is 0.0808. The molecular formula is C5H6BrF2NO. The van der Waals surface area contributed by atoms with Gasteiger partial charge in [0, 0.05) is 5.33 Å². The molecule has 0 rings (SSSR count). The van der Waals surface area contributed by atoms with Gasteiger partial charge in [0.2, 0.25) is 6.08 Å². The van der Waals surface area contributed by atoms with E-state index in [0.29, 0.717) is 0 Å². The number of aliphatic imine (C=N–C) groups is 1. The molecule has 0 aromatic carbocycles. The van der Waals surface area contributed by atoms with Crippen LogP contribution in [0.1, 0.15) is 0 Å². The predicted octanol–water partition coefficient (Wildman–Crippen LogP) is 1.39. The van der Waals surface area contributed by atoms with Crippen molar-refractivity contribution < 1.29 is 13.6 Å². The van der Waals surface area contributed by atoms with E-state index in [1.807, 2.05) is 0 Å². The first-order chi connectivity index (χ1) is 4.72. The van der Waals surface area contributed by atoms with Crippen LogP contribution < -0.4 is 0 Å². The van der Waals surface area contributed by atoms with Crippen LogP contribution in [0.2, 0.25) is 0 Å². The van der Waals surface area contributed by atoms with Crippen LogP contribution >= 0.6 is 15.9 Å². The fourth-order valence-corrected chi connectivity index (χ4v) is 0.741. The SMILES string of the molecule is O=C=NCC(F)C(F)CBr. The second kappa shape index (κ2) is 5.50. The third-order valence-corrected chi connectivity index (χ3v) is 1.49. The third kappa shape index (κ3) is 3.69. The maximum atomic E-state index is 12.3. The molecule has 0 N–H and O–H groups in total. The van der Waals surface area contributed by atoms with Crippen molar-refractivity contribution in [3.05, 3.63) is 0 Å². The standard InChI is InChI=1S/C5H6BrF2NO/c6-1-4(7)5(8)2-9-3-10/h4-5H,1-2H2. The van der Waals surface area contributed by atoms with Gasteiger partial charge in [-0.3, -0.25) is 0 Å². The molecule has 0 amide bonds. The van der Waals surface area contributed by atoms with Gasteiger partial charge in [0.15, 0.2) is 6.17 Å². The zero-order chi connectivity index (χ0) is 7.98. The van der Waals surface area contributed by atoms with Gasteiger partial charge in [-0.15, -0.1) is 0 Å². The van der Waals surface area contributed by atoms with E-state index in [1.165, 1.54) is 0 Å². The molecule has 5 heteroatoms. The second-order valence-electron chi connectivity index (χ2n) is 1.62. The highest BCUT2D eigenvalue weighted by Crippen LogP contribution is 2.06. The molecule has 0 radical (unpaired) electrons. The van der Waals surface area contributed by atoms with Gasteiger partial charge in [-0.1, -0.05) is 15.9 Å². The fourth-order valence-electron chi connectivity index (χ4n) is 0.336. The van der Waals surface area contributed by atoms with Crippen LogP contribution in [-0.4, -0.2) is 30.3 Å². The molecule has 0 aromatic rings. The van der Waals surface area contributed by atoms with E-state index in [2.05, 4.69) is 20.9 Å². The summed E-state index contributed by atoms with van der Waals surface area (Å²) in [6, 6.07) is 0. The number of halogens is 3. The first-order valence-corrected chi connectivity index (χ1v) is 3.72. The number of hydrogen-bond acceptors (Lipinski definition) is 2. The van der Waals surface area contributed by atoms with Crippen LogP contribution in [0.3, 0.4) is 0 Å². The van der Waals surface area contributed by atoms with Crippen molar-refractivity contribution in [2.45, 2.75) is 12.3 Å². The van der Waals surface area contributed by atoms with Gasteiger partial charge in [-0.2, -0.15) is 0 Å². The van der Waals surface area contributed by atoms with Crippen LogP contribution in [0, 0.1) is 0 Å². The number of alkyl halides is 3. The summed E-state index contributed by atoms with van der Waals surface area (Å²) < 4.78 is 24.5. The molecule has 10 heavy (non-hydrogen) atoms. The largest absolute Gasteiger partial charge is 0.243 e. The molecule has 0 bridgehead atoms. The smallest absolute Gasteiger partial charge is 0.235 e. The molecule has 0 aliphatic heterocycles. The Morgan fingerprint density at radius 2 is 2.10 bits per heavy atom. The molecule has 2 atom stereocenters. The van der Waals surface area contributed by atoms with E-state index < -0.39 is 18.9 Å². The number of nitrogens with zero attached hydrogens (tertiary/aromatic N) is 1. The van der Waals surface area contributed by atoms with Crippen molar-refractivity contribution in [1.82, 2.24) is 0 Å². The lowest BCUT2D eigenvalue weighted by Gasteiger charge is -2.05. The molecule has 2 unspecified atom stereocenters. The number of carbonyl (C=O) groups excluding carboxylic acids is 1. The maximum absolute atomic E-state index is 12.3. The Hall–Kier alpha value is -0.280. The molecule has 2 nitrogen and oxygen atoms in total. The van der Waals surface area contributed by atoms with Crippen molar-refractivity contribution in [3.8, 4) is 0 Å². The average molecular weight is 214 g/mol. The Kier molecular flexibility index (Phi) is 5.35. The highest BCUT2D eigenvalue weighted by molar-refractivity contribution is 9.09. The maximum Gasteiger partial charge on any atom is 0.235 e. The summed E-state index contributed by atoms with van der Waals surface area (Å²) in [4.78, 5) is 12.3. The quantitative estimate of drug-likeness (QED) is 0.395. The topological polar surface area (TPSA) is 29.4 Å². The monoisotopic (exact) mass is 213 g/mol. The number of isocyanates is 1. The van der Waals surface area contributed by atoms with Crippen molar-refractivity contribution in [2.75, 3.05) is 11.9 Å². The molecule has 0 saturated carbocycles. The van der Waals surface area contributed by atoms with Gasteiger partial charge in [0.25, 0.3) is 0 Å². The lowest BCUT2D eigenvalue weighted by molar-refractivity contribution is 0.194. The third-order valence-electron chi connectivity index (χ3n) is 0.870. The molecule has 0 spiro atoms. The summed E-state index contributed by atoms with van der Waals surface area (Å²) in [6.45, 7) is -0.448. The van der Waals surface area contributed by atoms with E-state index in [4.69, 9.17) is 0 Å². The fraction of sp³-hybridized carbons (Fsp3) is 0.800. The van der Waals surface area contributed by atoms with E-state index >= 15 is 0 Å². The summed E-state index contributed by atoms with van der Waals surface area (Å²) in [5.41, 5.74) is 0. The molecule has 0 fully saturated rings. The van der Waals surface area contributed by atoms with Crippen molar-refractivity contribution in [2.24, 2.45) is 4.99 Å². The molecule has 0 aliphatic rings. The number of hydrogen-bond donors (Lipinski definition) is 0. The van der Waals surface area contributed by atoms with Gasteiger partial charge >= 0.3 is 0 Å². The van der Waals surface area contributed by atoms with E-state index in [0.717, 1.165) is 6.08 Å². The lowest BCUT2D eigenvalue weighted by Crippen LogP contribution is -2.21. The van der Waals surface area contributed by atoms with Gasteiger partial charge in [-0.05, 0) is 0 Å². The summed E-state index contributed by atoms with van der Waals surface area (Å²) >= 11 is 2.75. The highest BCUT2D eigenvalue weighted by Gasteiger charge is 2.17. The Balaban J connectivity index is 3.60.